The Balaban J connectivity index is 2.21. The molecular weight excluding hydrogens is 257 g/mol. The van der Waals surface area contributed by atoms with E-state index in [0.717, 1.165) is 6.42 Å². The number of carbonyl (C=O) groups excluding carboxylic acids is 1. The molecule has 2 heterocycles. The smallest absolute Gasteiger partial charge is 0.341 e. The Bertz CT molecular complexity index is 340. The zero-order valence-electron chi connectivity index (χ0n) is 11.4. The lowest BCUT2D eigenvalue weighted by Gasteiger charge is -2.40. The summed E-state index contributed by atoms with van der Waals surface area (Å²) < 4.78 is 40.0. The molecule has 2 aliphatic rings. The average Bonchev–Trinajstić information content (AvgIpc) is 2.76. The van der Waals surface area contributed by atoms with Crippen molar-refractivity contribution in [1.29, 1.82) is 0 Å². The molecule has 3 unspecified atom stereocenters. The van der Waals surface area contributed by atoms with Gasteiger partial charge in [-0.2, -0.15) is 13.2 Å². The number of hydrogen-bond donors (Lipinski definition) is 1. The summed E-state index contributed by atoms with van der Waals surface area (Å²) in [5.41, 5.74) is -2.20. The molecule has 0 radical (unpaired) electrons. The second-order valence-corrected chi connectivity index (χ2v) is 6.16. The summed E-state index contributed by atoms with van der Waals surface area (Å²) in [6.45, 7) is 4.84. The van der Waals surface area contributed by atoms with Gasteiger partial charge in [0, 0.05) is 19.6 Å². The Morgan fingerprint density at radius 3 is 2.26 bits per heavy atom. The van der Waals surface area contributed by atoms with E-state index in [1.807, 2.05) is 13.8 Å². The molecule has 19 heavy (non-hydrogen) atoms. The van der Waals surface area contributed by atoms with E-state index in [4.69, 9.17) is 0 Å². The van der Waals surface area contributed by atoms with Gasteiger partial charge in [-0.3, -0.25) is 4.79 Å². The van der Waals surface area contributed by atoms with E-state index >= 15 is 0 Å². The predicted octanol–water partition coefficient (Wildman–Crippen LogP) is 2.03. The zero-order valence-corrected chi connectivity index (χ0v) is 11.4. The van der Waals surface area contributed by atoms with Crippen LogP contribution in [-0.4, -0.2) is 43.2 Å². The lowest BCUT2D eigenvalue weighted by molar-refractivity contribution is -0.222. The molecule has 3 atom stereocenters. The van der Waals surface area contributed by atoms with E-state index in [0.29, 0.717) is 13.1 Å². The molecule has 1 N–H and O–H groups in total. The lowest BCUT2D eigenvalue weighted by Crippen LogP contribution is -2.56. The highest BCUT2D eigenvalue weighted by molar-refractivity contribution is 5.84. The van der Waals surface area contributed by atoms with Crippen LogP contribution in [0.4, 0.5) is 13.2 Å². The van der Waals surface area contributed by atoms with Crippen molar-refractivity contribution >= 4 is 5.91 Å². The second kappa shape index (κ2) is 4.96. The number of rotatable bonds is 1. The van der Waals surface area contributed by atoms with Gasteiger partial charge in [0.2, 0.25) is 5.91 Å². The first-order valence-corrected chi connectivity index (χ1v) is 6.83. The molecule has 2 rings (SSSR count). The van der Waals surface area contributed by atoms with Crippen LogP contribution in [0.2, 0.25) is 0 Å². The molecule has 0 saturated carbocycles. The van der Waals surface area contributed by atoms with E-state index in [1.165, 1.54) is 4.90 Å². The van der Waals surface area contributed by atoms with Gasteiger partial charge in [0.25, 0.3) is 0 Å². The molecule has 2 fully saturated rings. The van der Waals surface area contributed by atoms with Crippen molar-refractivity contribution in [2.45, 2.75) is 32.9 Å². The Labute approximate surface area is 111 Å². The van der Waals surface area contributed by atoms with Crippen molar-refractivity contribution in [2.75, 3.05) is 26.2 Å². The number of piperidine rings is 1. The summed E-state index contributed by atoms with van der Waals surface area (Å²) >= 11 is 0. The summed E-state index contributed by atoms with van der Waals surface area (Å²) in [5.74, 6) is -0.192. The number of halogens is 3. The Morgan fingerprint density at radius 1 is 1.26 bits per heavy atom. The van der Waals surface area contributed by atoms with Crippen molar-refractivity contribution in [3.05, 3.63) is 0 Å². The van der Waals surface area contributed by atoms with Gasteiger partial charge in [0.1, 0.15) is 0 Å². The van der Waals surface area contributed by atoms with Crippen LogP contribution in [0.1, 0.15) is 26.7 Å². The van der Waals surface area contributed by atoms with Gasteiger partial charge in [-0.1, -0.05) is 13.8 Å². The molecule has 1 amide bonds. The van der Waals surface area contributed by atoms with Crippen molar-refractivity contribution in [3.8, 4) is 0 Å². The highest BCUT2D eigenvalue weighted by Crippen LogP contribution is 2.45. The van der Waals surface area contributed by atoms with Gasteiger partial charge < -0.3 is 10.2 Å². The molecular formula is C13H21F3N2O. The summed E-state index contributed by atoms with van der Waals surface area (Å²) in [4.78, 5) is 13.9. The van der Waals surface area contributed by atoms with Crippen LogP contribution in [0, 0.1) is 17.3 Å². The number of nitrogens with one attached hydrogen (secondary N) is 1. The summed E-state index contributed by atoms with van der Waals surface area (Å²) in [5, 5.41) is 2.69. The first-order chi connectivity index (χ1) is 8.76. The standard InChI is InChI=1S/C13H21F3N2O/c1-9-5-10(2)7-18(6-9)11(19)12(13(14,15)16)3-4-17-8-12/h9-10,17H,3-8H2,1-2H3. The molecule has 0 aromatic heterocycles. The highest BCUT2D eigenvalue weighted by atomic mass is 19.4. The molecule has 0 bridgehead atoms. The van der Waals surface area contributed by atoms with Crippen molar-refractivity contribution in [2.24, 2.45) is 17.3 Å². The third-order valence-corrected chi connectivity index (χ3v) is 4.26. The van der Waals surface area contributed by atoms with Crippen molar-refractivity contribution in [3.63, 3.8) is 0 Å². The average molecular weight is 278 g/mol. The van der Waals surface area contributed by atoms with Crippen LogP contribution in [0.3, 0.4) is 0 Å². The normalized spacial score (nSPS) is 36.6. The van der Waals surface area contributed by atoms with Crippen LogP contribution < -0.4 is 5.32 Å². The van der Waals surface area contributed by atoms with Crippen LogP contribution in [0.5, 0.6) is 0 Å². The molecule has 0 aromatic carbocycles. The van der Waals surface area contributed by atoms with Gasteiger partial charge in [-0.05, 0) is 31.2 Å². The van der Waals surface area contributed by atoms with Gasteiger partial charge in [0.05, 0.1) is 0 Å². The van der Waals surface area contributed by atoms with Gasteiger partial charge in [0.15, 0.2) is 5.41 Å². The minimum absolute atomic E-state index is 0.144. The first kappa shape index (κ1) is 14.6. The second-order valence-electron chi connectivity index (χ2n) is 6.16. The number of amides is 1. The highest BCUT2D eigenvalue weighted by Gasteiger charge is 2.62. The molecule has 2 saturated heterocycles. The van der Waals surface area contributed by atoms with E-state index in [-0.39, 0.29) is 31.3 Å². The quantitative estimate of drug-likeness (QED) is 0.796. The topological polar surface area (TPSA) is 32.3 Å². The SMILES string of the molecule is CC1CC(C)CN(C(=O)C2(C(F)(F)F)CCNC2)C1. The van der Waals surface area contributed by atoms with Crippen LogP contribution in [-0.2, 0) is 4.79 Å². The Morgan fingerprint density at radius 2 is 1.84 bits per heavy atom. The van der Waals surface area contributed by atoms with Gasteiger partial charge >= 0.3 is 6.18 Å². The van der Waals surface area contributed by atoms with Crippen LogP contribution in [0.25, 0.3) is 0 Å². The largest absolute Gasteiger partial charge is 0.404 e. The van der Waals surface area contributed by atoms with E-state index in [2.05, 4.69) is 5.32 Å². The molecule has 2 aliphatic heterocycles. The lowest BCUT2D eigenvalue weighted by atomic mass is 9.82. The fourth-order valence-corrected chi connectivity index (χ4v) is 3.37. The maximum atomic E-state index is 13.3. The maximum absolute atomic E-state index is 13.3. The molecule has 0 spiro atoms. The van der Waals surface area contributed by atoms with Crippen LogP contribution >= 0.6 is 0 Å². The van der Waals surface area contributed by atoms with Crippen LogP contribution in [0.15, 0.2) is 0 Å². The van der Waals surface area contributed by atoms with E-state index in [1.54, 1.807) is 0 Å². The van der Waals surface area contributed by atoms with Crippen molar-refractivity contribution in [1.82, 2.24) is 10.2 Å². The summed E-state index contributed by atoms with van der Waals surface area (Å²) in [6, 6.07) is 0. The fraction of sp³-hybridized carbons (Fsp3) is 0.923. The Kier molecular flexibility index (Phi) is 3.82. The molecule has 0 aromatic rings. The monoisotopic (exact) mass is 278 g/mol. The maximum Gasteiger partial charge on any atom is 0.404 e. The fourth-order valence-electron chi connectivity index (χ4n) is 3.37. The summed E-state index contributed by atoms with van der Waals surface area (Å²) in [6.07, 6.45) is -3.65. The van der Waals surface area contributed by atoms with E-state index in [9.17, 15) is 18.0 Å². The number of carbonyl (C=O) groups is 1. The number of likely N-dealkylation sites (tertiary alicyclic amines) is 1. The zero-order chi connectivity index (χ0) is 14.3. The minimum Gasteiger partial charge on any atom is -0.341 e. The van der Waals surface area contributed by atoms with Gasteiger partial charge in [-0.25, -0.2) is 0 Å². The van der Waals surface area contributed by atoms with Gasteiger partial charge in [-0.15, -0.1) is 0 Å². The minimum atomic E-state index is -4.47. The third kappa shape index (κ3) is 2.59. The summed E-state index contributed by atoms with van der Waals surface area (Å²) in [7, 11) is 0. The Hall–Kier alpha value is -0.780. The number of hydrogen-bond acceptors (Lipinski definition) is 2. The van der Waals surface area contributed by atoms with Crippen molar-refractivity contribution < 1.29 is 18.0 Å². The molecule has 110 valence electrons. The molecule has 6 heteroatoms. The molecule has 0 aliphatic carbocycles. The third-order valence-electron chi connectivity index (χ3n) is 4.26. The van der Waals surface area contributed by atoms with E-state index < -0.39 is 17.5 Å². The molecule has 3 nitrogen and oxygen atoms in total. The number of alkyl halides is 3. The number of nitrogens with zero attached hydrogens (tertiary/aromatic N) is 1. The first-order valence-electron chi connectivity index (χ1n) is 6.83. The predicted molar refractivity (Wildman–Crippen MR) is 65.5 cm³/mol.